The van der Waals surface area contributed by atoms with Crippen molar-refractivity contribution in [1.29, 1.82) is 0 Å². The van der Waals surface area contributed by atoms with E-state index in [1.807, 2.05) is 25.1 Å². The van der Waals surface area contributed by atoms with Gasteiger partial charge in [-0.05, 0) is 43.5 Å². The topological polar surface area (TPSA) is 30.5 Å². The summed E-state index contributed by atoms with van der Waals surface area (Å²) < 4.78 is 11.3. The summed E-state index contributed by atoms with van der Waals surface area (Å²) in [7, 11) is 1.72. The average Bonchev–Trinajstić information content (AvgIpc) is 2.61. The van der Waals surface area contributed by atoms with Crippen LogP contribution in [0.2, 0.25) is 0 Å². The number of methoxy groups -OCH3 is 1. The number of ether oxygens (including phenoxy) is 2. The van der Waals surface area contributed by atoms with Gasteiger partial charge in [0.25, 0.3) is 0 Å². The smallest absolute Gasteiger partial charge is 0.126 e. The van der Waals surface area contributed by atoms with E-state index < -0.39 is 0 Å². The highest BCUT2D eigenvalue weighted by molar-refractivity contribution is 5.68. The van der Waals surface area contributed by atoms with Crippen LogP contribution in [0.4, 0.5) is 0 Å². The molecule has 2 aromatic rings. The Bertz CT molecular complexity index is 692. The lowest BCUT2D eigenvalue weighted by Crippen LogP contribution is -2.16. The largest absolute Gasteiger partial charge is 0.496 e. The second-order valence-electron chi connectivity index (χ2n) is 5.60. The minimum atomic E-state index is 0.682. The van der Waals surface area contributed by atoms with Crippen LogP contribution in [0.25, 0.3) is 6.08 Å². The van der Waals surface area contributed by atoms with Crippen LogP contribution in [0.1, 0.15) is 30.0 Å². The average molecular weight is 309 g/mol. The normalized spacial score (nSPS) is 13.0. The first-order valence-electron chi connectivity index (χ1n) is 8.13. The summed E-state index contributed by atoms with van der Waals surface area (Å²) in [6.07, 6.45) is 4.16. The van der Waals surface area contributed by atoms with E-state index in [0.29, 0.717) is 6.61 Å². The molecule has 1 aliphatic rings. The molecular weight excluding hydrogens is 286 g/mol. The number of benzene rings is 2. The molecule has 1 aliphatic carbocycles. The zero-order chi connectivity index (χ0) is 16.1. The minimum Gasteiger partial charge on any atom is -0.496 e. The van der Waals surface area contributed by atoms with Gasteiger partial charge in [0.2, 0.25) is 0 Å². The summed E-state index contributed by atoms with van der Waals surface area (Å²) >= 11 is 0. The Kier molecular flexibility index (Phi) is 4.86. The van der Waals surface area contributed by atoms with E-state index in [1.54, 1.807) is 7.11 Å². The zero-order valence-corrected chi connectivity index (χ0v) is 13.8. The standard InChI is InChI=1S/C20H23NO2/c1-3-23-20-12-11-19(22-2)18-13-16(9-10-17(18)20)21-14-15-7-5-4-6-8-15/h4-8,11-13,21H,3,9-10,14H2,1-2H3. The van der Waals surface area contributed by atoms with Gasteiger partial charge >= 0.3 is 0 Å². The van der Waals surface area contributed by atoms with E-state index in [1.165, 1.54) is 16.8 Å². The lowest BCUT2D eigenvalue weighted by atomic mass is 9.93. The van der Waals surface area contributed by atoms with Gasteiger partial charge in [0, 0.05) is 23.4 Å². The first-order valence-corrected chi connectivity index (χ1v) is 8.13. The highest BCUT2D eigenvalue weighted by Crippen LogP contribution is 2.36. The molecule has 0 aromatic heterocycles. The Hall–Kier alpha value is -2.42. The van der Waals surface area contributed by atoms with Gasteiger partial charge in [-0.2, -0.15) is 0 Å². The molecule has 120 valence electrons. The Morgan fingerprint density at radius 2 is 1.78 bits per heavy atom. The zero-order valence-electron chi connectivity index (χ0n) is 13.8. The van der Waals surface area contributed by atoms with Gasteiger partial charge < -0.3 is 14.8 Å². The molecule has 0 fully saturated rings. The second kappa shape index (κ2) is 7.23. The van der Waals surface area contributed by atoms with Crippen LogP contribution in [-0.2, 0) is 13.0 Å². The molecule has 0 heterocycles. The molecule has 3 rings (SSSR count). The first-order chi connectivity index (χ1) is 11.3. The van der Waals surface area contributed by atoms with Crippen LogP contribution in [-0.4, -0.2) is 13.7 Å². The fraction of sp³-hybridized carbons (Fsp3) is 0.300. The van der Waals surface area contributed by atoms with E-state index in [4.69, 9.17) is 9.47 Å². The van der Waals surface area contributed by atoms with Gasteiger partial charge in [0.1, 0.15) is 11.5 Å². The lowest BCUT2D eigenvalue weighted by molar-refractivity contribution is 0.334. The number of hydrogen-bond acceptors (Lipinski definition) is 3. The molecule has 0 aliphatic heterocycles. The van der Waals surface area contributed by atoms with Crippen LogP contribution in [0.3, 0.4) is 0 Å². The van der Waals surface area contributed by atoms with Gasteiger partial charge in [0.15, 0.2) is 0 Å². The molecule has 3 nitrogen and oxygen atoms in total. The third-order valence-corrected chi connectivity index (χ3v) is 4.12. The van der Waals surface area contributed by atoms with Gasteiger partial charge in [-0.15, -0.1) is 0 Å². The quantitative estimate of drug-likeness (QED) is 0.868. The van der Waals surface area contributed by atoms with Crippen molar-refractivity contribution in [1.82, 2.24) is 5.32 Å². The summed E-state index contributed by atoms with van der Waals surface area (Å²) in [6, 6.07) is 14.5. The summed E-state index contributed by atoms with van der Waals surface area (Å²) in [5.41, 5.74) is 4.92. The monoisotopic (exact) mass is 309 g/mol. The van der Waals surface area contributed by atoms with Crippen LogP contribution in [0.5, 0.6) is 11.5 Å². The van der Waals surface area contributed by atoms with Crippen molar-refractivity contribution in [3.8, 4) is 11.5 Å². The van der Waals surface area contributed by atoms with E-state index in [-0.39, 0.29) is 0 Å². The molecule has 0 saturated heterocycles. The van der Waals surface area contributed by atoms with Crippen molar-refractivity contribution in [3.05, 3.63) is 64.9 Å². The highest BCUT2D eigenvalue weighted by atomic mass is 16.5. The molecule has 0 saturated carbocycles. The maximum Gasteiger partial charge on any atom is 0.126 e. The van der Waals surface area contributed by atoms with Crippen molar-refractivity contribution in [3.63, 3.8) is 0 Å². The van der Waals surface area contributed by atoms with E-state index >= 15 is 0 Å². The summed E-state index contributed by atoms with van der Waals surface area (Å²) in [6.45, 7) is 3.54. The predicted molar refractivity (Wildman–Crippen MR) is 93.7 cm³/mol. The number of nitrogens with one attached hydrogen (secondary N) is 1. The fourth-order valence-electron chi connectivity index (χ4n) is 2.96. The van der Waals surface area contributed by atoms with Crippen molar-refractivity contribution in [2.45, 2.75) is 26.3 Å². The van der Waals surface area contributed by atoms with Gasteiger partial charge in [0.05, 0.1) is 13.7 Å². The predicted octanol–water partition coefficient (Wildman–Crippen LogP) is 4.17. The SMILES string of the molecule is CCOc1ccc(OC)c2c1CCC(NCc1ccccc1)=C2. The Balaban J connectivity index is 1.83. The lowest BCUT2D eigenvalue weighted by Gasteiger charge is -2.22. The molecule has 0 spiro atoms. The van der Waals surface area contributed by atoms with E-state index in [2.05, 4.69) is 35.7 Å². The molecule has 3 heteroatoms. The van der Waals surface area contributed by atoms with Crippen LogP contribution in [0, 0.1) is 0 Å². The Labute approximate surface area is 137 Å². The van der Waals surface area contributed by atoms with Gasteiger partial charge in [-0.25, -0.2) is 0 Å². The second-order valence-corrected chi connectivity index (χ2v) is 5.60. The summed E-state index contributed by atoms with van der Waals surface area (Å²) in [5, 5.41) is 3.55. The maximum absolute atomic E-state index is 5.76. The number of allylic oxidation sites excluding steroid dienone is 1. The fourth-order valence-corrected chi connectivity index (χ4v) is 2.96. The van der Waals surface area contributed by atoms with Crippen LogP contribution < -0.4 is 14.8 Å². The van der Waals surface area contributed by atoms with E-state index in [9.17, 15) is 0 Å². The highest BCUT2D eigenvalue weighted by Gasteiger charge is 2.18. The third kappa shape index (κ3) is 3.50. The van der Waals surface area contributed by atoms with Crippen LogP contribution in [0.15, 0.2) is 48.2 Å². The maximum atomic E-state index is 5.76. The molecular formula is C20H23NO2. The van der Waals surface area contributed by atoms with Gasteiger partial charge in [-0.1, -0.05) is 30.3 Å². The number of hydrogen-bond donors (Lipinski definition) is 1. The molecule has 0 atom stereocenters. The Morgan fingerprint density at radius 1 is 1.00 bits per heavy atom. The summed E-state index contributed by atoms with van der Waals surface area (Å²) in [4.78, 5) is 0. The molecule has 0 radical (unpaired) electrons. The van der Waals surface area contributed by atoms with Crippen molar-refractivity contribution in [2.75, 3.05) is 13.7 Å². The number of fused-ring (bicyclic) bond motifs is 1. The van der Waals surface area contributed by atoms with E-state index in [0.717, 1.165) is 36.4 Å². The number of rotatable bonds is 6. The van der Waals surface area contributed by atoms with Crippen molar-refractivity contribution < 1.29 is 9.47 Å². The van der Waals surface area contributed by atoms with Crippen molar-refractivity contribution >= 4 is 6.08 Å². The summed E-state index contributed by atoms with van der Waals surface area (Å²) in [5.74, 6) is 1.88. The first kappa shape index (κ1) is 15.5. The molecule has 23 heavy (non-hydrogen) atoms. The molecule has 0 unspecified atom stereocenters. The molecule has 1 N–H and O–H groups in total. The molecule has 0 bridgehead atoms. The van der Waals surface area contributed by atoms with Crippen LogP contribution >= 0.6 is 0 Å². The Morgan fingerprint density at radius 3 is 2.52 bits per heavy atom. The third-order valence-electron chi connectivity index (χ3n) is 4.12. The van der Waals surface area contributed by atoms with Gasteiger partial charge in [-0.3, -0.25) is 0 Å². The minimum absolute atomic E-state index is 0.682. The molecule has 0 amide bonds. The van der Waals surface area contributed by atoms with Crippen molar-refractivity contribution in [2.24, 2.45) is 0 Å². The molecule has 2 aromatic carbocycles.